The smallest absolute Gasteiger partial charge is 0.220 e. The number of aromatic nitrogens is 3. The van der Waals surface area contributed by atoms with Crippen molar-refractivity contribution in [3.63, 3.8) is 0 Å². The summed E-state index contributed by atoms with van der Waals surface area (Å²) in [6, 6.07) is 39.1. The van der Waals surface area contributed by atoms with Gasteiger partial charge in [-0.25, -0.2) is 4.98 Å². The average molecular weight is 446 g/mol. The van der Waals surface area contributed by atoms with E-state index in [-0.39, 0.29) is 0 Å². The first-order chi connectivity index (χ1) is 16.3. The SMILES string of the molecule is Clc1cccc(-n2c(-c3ccccc3)cn3c(-c4ccccc4)c(-c4ccccc4)nc23)c1. The molecule has 0 amide bonds. The Morgan fingerprint density at radius 1 is 0.606 bits per heavy atom. The Balaban J connectivity index is 1.73. The van der Waals surface area contributed by atoms with Crippen molar-refractivity contribution >= 4 is 17.4 Å². The van der Waals surface area contributed by atoms with Crippen LogP contribution >= 0.6 is 11.6 Å². The highest BCUT2D eigenvalue weighted by Crippen LogP contribution is 2.37. The first kappa shape index (κ1) is 19.6. The first-order valence-electron chi connectivity index (χ1n) is 10.9. The molecule has 0 bridgehead atoms. The highest BCUT2D eigenvalue weighted by molar-refractivity contribution is 6.30. The molecule has 3 nitrogen and oxygen atoms in total. The summed E-state index contributed by atoms with van der Waals surface area (Å²) in [5.74, 6) is 0.842. The van der Waals surface area contributed by atoms with Gasteiger partial charge in [0.05, 0.1) is 22.8 Å². The van der Waals surface area contributed by atoms with Crippen LogP contribution in [0.5, 0.6) is 0 Å². The molecule has 0 saturated heterocycles. The molecule has 4 heteroatoms. The van der Waals surface area contributed by atoms with Gasteiger partial charge in [-0.15, -0.1) is 0 Å². The average Bonchev–Trinajstić information content (AvgIpc) is 3.42. The molecule has 6 rings (SSSR count). The number of rotatable bonds is 4. The zero-order valence-electron chi connectivity index (χ0n) is 17.8. The summed E-state index contributed by atoms with van der Waals surface area (Å²) in [6.45, 7) is 0. The predicted octanol–water partition coefficient (Wildman–Crippen LogP) is 7.78. The zero-order chi connectivity index (χ0) is 22.2. The topological polar surface area (TPSA) is 22.2 Å². The van der Waals surface area contributed by atoms with Gasteiger partial charge < -0.3 is 0 Å². The van der Waals surface area contributed by atoms with Crippen LogP contribution in [-0.2, 0) is 0 Å². The lowest BCUT2D eigenvalue weighted by Gasteiger charge is -2.09. The number of hydrogen-bond acceptors (Lipinski definition) is 1. The van der Waals surface area contributed by atoms with Gasteiger partial charge in [0.1, 0.15) is 0 Å². The van der Waals surface area contributed by atoms with E-state index in [1.165, 1.54) is 0 Å². The summed E-state index contributed by atoms with van der Waals surface area (Å²) < 4.78 is 4.38. The molecule has 33 heavy (non-hydrogen) atoms. The Labute approximate surface area is 197 Å². The summed E-state index contributed by atoms with van der Waals surface area (Å²) in [7, 11) is 0. The number of imidazole rings is 2. The maximum atomic E-state index is 6.40. The summed E-state index contributed by atoms with van der Waals surface area (Å²) in [6.07, 6.45) is 2.17. The molecule has 0 fully saturated rings. The lowest BCUT2D eigenvalue weighted by Crippen LogP contribution is -1.98. The van der Waals surface area contributed by atoms with E-state index >= 15 is 0 Å². The molecule has 0 atom stereocenters. The second kappa shape index (κ2) is 8.12. The molecule has 0 spiro atoms. The van der Waals surface area contributed by atoms with Gasteiger partial charge in [0.25, 0.3) is 0 Å². The van der Waals surface area contributed by atoms with E-state index in [9.17, 15) is 0 Å². The van der Waals surface area contributed by atoms with Crippen LogP contribution in [-0.4, -0.2) is 14.0 Å². The fourth-order valence-electron chi connectivity index (χ4n) is 4.34. The Morgan fingerprint density at radius 2 is 1.21 bits per heavy atom. The molecule has 4 aromatic carbocycles. The standard InChI is InChI=1S/C29H20ClN3/c30-24-17-10-18-25(19-24)33-26(21-11-4-1-5-12-21)20-32-28(23-15-8-3-9-16-23)27(31-29(32)33)22-13-6-2-7-14-22/h1-20H. The van der Waals surface area contributed by atoms with Gasteiger partial charge >= 0.3 is 0 Å². The maximum Gasteiger partial charge on any atom is 0.220 e. The lowest BCUT2D eigenvalue weighted by atomic mass is 10.0. The van der Waals surface area contributed by atoms with Crippen molar-refractivity contribution in [2.75, 3.05) is 0 Å². The minimum absolute atomic E-state index is 0.691. The van der Waals surface area contributed by atoms with Gasteiger partial charge in [-0.2, -0.15) is 0 Å². The molecule has 0 aliphatic heterocycles. The van der Waals surface area contributed by atoms with Crippen LogP contribution in [0.3, 0.4) is 0 Å². The van der Waals surface area contributed by atoms with Gasteiger partial charge in [0.2, 0.25) is 5.78 Å². The van der Waals surface area contributed by atoms with Crippen LogP contribution in [0.2, 0.25) is 5.02 Å². The summed E-state index contributed by atoms with van der Waals surface area (Å²) in [5, 5.41) is 0.691. The Bertz CT molecular complexity index is 1550. The normalized spacial score (nSPS) is 11.2. The molecule has 0 unspecified atom stereocenters. The monoisotopic (exact) mass is 445 g/mol. The van der Waals surface area contributed by atoms with Crippen molar-refractivity contribution in [1.82, 2.24) is 14.0 Å². The summed E-state index contributed by atoms with van der Waals surface area (Å²) >= 11 is 6.40. The number of hydrogen-bond donors (Lipinski definition) is 0. The third kappa shape index (κ3) is 3.43. The second-order valence-electron chi connectivity index (χ2n) is 7.91. The van der Waals surface area contributed by atoms with Crippen LogP contribution in [0, 0.1) is 0 Å². The van der Waals surface area contributed by atoms with Crippen LogP contribution in [0.15, 0.2) is 121 Å². The van der Waals surface area contributed by atoms with Crippen LogP contribution in [0.4, 0.5) is 0 Å². The minimum Gasteiger partial charge on any atom is -0.282 e. The van der Waals surface area contributed by atoms with Crippen LogP contribution < -0.4 is 0 Å². The maximum absolute atomic E-state index is 6.40. The lowest BCUT2D eigenvalue weighted by molar-refractivity contribution is 1.08. The van der Waals surface area contributed by atoms with Crippen LogP contribution in [0.25, 0.3) is 45.2 Å². The van der Waals surface area contributed by atoms with E-state index in [0.29, 0.717) is 5.02 Å². The number of halogens is 1. The molecule has 0 aliphatic rings. The molecule has 0 radical (unpaired) electrons. The van der Waals surface area contributed by atoms with E-state index in [2.05, 4.69) is 94.0 Å². The molecular weight excluding hydrogens is 426 g/mol. The number of benzene rings is 4. The molecule has 2 aromatic heterocycles. The molecular formula is C29H20ClN3. The van der Waals surface area contributed by atoms with Crippen molar-refractivity contribution < 1.29 is 0 Å². The van der Waals surface area contributed by atoms with Gasteiger partial charge in [-0.05, 0) is 18.2 Å². The molecule has 158 valence electrons. The minimum atomic E-state index is 0.691. The van der Waals surface area contributed by atoms with Crippen molar-refractivity contribution in [2.45, 2.75) is 0 Å². The molecule has 0 aliphatic carbocycles. The summed E-state index contributed by atoms with van der Waals surface area (Å²) in [4.78, 5) is 5.19. The quantitative estimate of drug-likeness (QED) is 0.271. The van der Waals surface area contributed by atoms with Crippen molar-refractivity contribution in [3.05, 3.63) is 126 Å². The van der Waals surface area contributed by atoms with Gasteiger partial charge in [0.15, 0.2) is 0 Å². The zero-order valence-corrected chi connectivity index (χ0v) is 18.5. The highest BCUT2D eigenvalue weighted by atomic mass is 35.5. The molecule has 2 heterocycles. The predicted molar refractivity (Wildman–Crippen MR) is 136 cm³/mol. The second-order valence-corrected chi connectivity index (χ2v) is 8.34. The van der Waals surface area contributed by atoms with Gasteiger partial charge in [-0.3, -0.25) is 8.97 Å². The molecule has 0 N–H and O–H groups in total. The van der Waals surface area contributed by atoms with E-state index in [1.54, 1.807) is 0 Å². The third-order valence-corrected chi connectivity index (χ3v) is 6.05. The van der Waals surface area contributed by atoms with Crippen molar-refractivity contribution in [2.24, 2.45) is 0 Å². The van der Waals surface area contributed by atoms with E-state index < -0.39 is 0 Å². The largest absolute Gasteiger partial charge is 0.282 e. The van der Waals surface area contributed by atoms with E-state index in [4.69, 9.17) is 16.6 Å². The van der Waals surface area contributed by atoms with Crippen molar-refractivity contribution in [3.8, 4) is 39.5 Å². The fraction of sp³-hybridized carbons (Fsp3) is 0. The first-order valence-corrected chi connectivity index (χ1v) is 11.2. The Kier molecular flexibility index (Phi) is 4.82. The van der Waals surface area contributed by atoms with Crippen molar-refractivity contribution in [1.29, 1.82) is 0 Å². The van der Waals surface area contributed by atoms with E-state index in [0.717, 1.165) is 45.2 Å². The van der Waals surface area contributed by atoms with Gasteiger partial charge in [0, 0.05) is 27.9 Å². The third-order valence-electron chi connectivity index (χ3n) is 5.82. The van der Waals surface area contributed by atoms with Crippen LogP contribution in [0.1, 0.15) is 0 Å². The molecule has 6 aromatic rings. The highest BCUT2D eigenvalue weighted by Gasteiger charge is 2.22. The molecule has 0 saturated carbocycles. The number of fused-ring (bicyclic) bond motifs is 1. The van der Waals surface area contributed by atoms with E-state index in [1.807, 2.05) is 36.4 Å². The van der Waals surface area contributed by atoms with Gasteiger partial charge in [-0.1, -0.05) is 109 Å². The fourth-order valence-corrected chi connectivity index (χ4v) is 4.52. The Hall–Kier alpha value is -4.08. The summed E-state index contributed by atoms with van der Waals surface area (Å²) in [5.41, 5.74) is 7.36. The number of nitrogens with zero attached hydrogens (tertiary/aromatic N) is 3. The Morgan fingerprint density at radius 3 is 1.85 bits per heavy atom.